The molecule has 0 saturated heterocycles. The van der Waals surface area contributed by atoms with E-state index in [4.69, 9.17) is 0 Å². The number of halogens is 1. The highest BCUT2D eigenvalue weighted by molar-refractivity contribution is 6.09. The molecule has 0 spiro atoms. The summed E-state index contributed by atoms with van der Waals surface area (Å²) in [6, 6.07) is 13.0. The van der Waals surface area contributed by atoms with Crippen molar-refractivity contribution >= 4 is 5.78 Å². The molecule has 1 nitrogen and oxygen atoms in total. The van der Waals surface area contributed by atoms with Crippen LogP contribution in [0.15, 0.2) is 48.5 Å². The number of ketones is 1. The number of aryl methyl sites for hydroxylation is 1. The summed E-state index contributed by atoms with van der Waals surface area (Å²) in [5, 5.41) is 0. The summed E-state index contributed by atoms with van der Waals surface area (Å²) in [4.78, 5) is 11.7. The summed E-state index contributed by atoms with van der Waals surface area (Å²) >= 11 is 0. The maximum absolute atomic E-state index is 12.7. The smallest absolute Gasteiger partial charge is 0.236 e. The van der Waals surface area contributed by atoms with Gasteiger partial charge in [-0.25, -0.2) is 4.39 Å². The Hall–Kier alpha value is -2.40. The monoisotopic (exact) mass is 238 g/mol. The highest BCUT2D eigenvalue weighted by Gasteiger charge is 2.00. The molecule has 0 aromatic heterocycles. The number of carbonyl (C=O) groups is 1. The fourth-order valence-electron chi connectivity index (χ4n) is 1.44. The Balaban J connectivity index is 2.17. The first-order valence-electron chi connectivity index (χ1n) is 5.54. The molecule has 18 heavy (non-hydrogen) atoms. The van der Waals surface area contributed by atoms with Crippen LogP contribution in [-0.4, -0.2) is 5.78 Å². The summed E-state index contributed by atoms with van der Waals surface area (Å²) in [6.07, 6.45) is 0. The molecule has 2 rings (SSSR count). The Morgan fingerprint density at radius 1 is 1.00 bits per heavy atom. The van der Waals surface area contributed by atoms with Crippen molar-refractivity contribution in [3.63, 3.8) is 0 Å². The van der Waals surface area contributed by atoms with Crippen LogP contribution < -0.4 is 0 Å². The number of carbonyl (C=O) groups excluding carboxylic acids is 1. The molecule has 2 heteroatoms. The van der Waals surface area contributed by atoms with E-state index >= 15 is 0 Å². The highest BCUT2D eigenvalue weighted by Crippen LogP contribution is 2.04. The van der Waals surface area contributed by atoms with Crippen LogP contribution >= 0.6 is 0 Å². The Kier molecular flexibility index (Phi) is 3.54. The lowest BCUT2D eigenvalue weighted by Gasteiger charge is -1.94. The van der Waals surface area contributed by atoms with E-state index < -0.39 is 0 Å². The second-order valence-electron chi connectivity index (χ2n) is 3.95. The molecule has 0 fully saturated rings. The van der Waals surface area contributed by atoms with Gasteiger partial charge in [0, 0.05) is 11.1 Å². The molecule has 0 bridgehead atoms. The molecule has 0 heterocycles. The van der Waals surface area contributed by atoms with E-state index in [9.17, 15) is 9.18 Å². The van der Waals surface area contributed by atoms with Gasteiger partial charge in [-0.1, -0.05) is 35.7 Å². The van der Waals surface area contributed by atoms with Crippen LogP contribution in [-0.2, 0) is 0 Å². The maximum Gasteiger partial charge on any atom is 0.236 e. The zero-order valence-corrected chi connectivity index (χ0v) is 9.91. The third kappa shape index (κ3) is 3.05. The zero-order valence-electron chi connectivity index (χ0n) is 9.91. The predicted molar refractivity (Wildman–Crippen MR) is 68.8 cm³/mol. The van der Waals surface area contributed by atoms with Gasteiger partial charge in [-0.15, -0.1) is 0 Å². The first-order chi connectivity index (χ1) is 8.65. The van der Waals surface area contributed by atoms with E-state index in [0.717, 1.165) is 5.56 Å². The van der Waals surface area contributed by atoms with Gasteiger partial charge in [-0.3, -0.25) is 4.79 Å². The Morgan fingerprint density at radius 2 is 1.61 bits per heavy atom. The molecule has 0 aliphatic rings. The fourth-order valence-corrected chi connectivity index (χ4v) is 1.44. The molecule has 88 valence electrons. The van der Waals surface area contributed by atoms with Crippen molar-refractivity contribution in [3.8, 4) is 11.8 Å². The van der Waals surface area contributed by atoms with E-state index in [1.165, 1.54) is 12.1 Å². The largest absolute Gasteiger partial charge is 0.279 e. The van der Waals surface area contributed by atoms with Crippen LogP contribution in [0, 0.1) is 24.6 Å². The first kappa shape index (κ1) is 12.1. The molecule has 0 aliphatic heterocycles. The van der Waals surface area contributed by atoms with Gasteiger partial charge in [-0.05, 0) is 37.1 Å². The van der Waals surface area contributed by atoms with Crippen LogP contribution in [0.2, 0.25) is 0 Å². The lowest BCUT2D eigenvalue weighted by Crippen LogP contribution is -1.94. The minimum absolute atomic E-state index is 0.237. The van der Waals surface area contributed by atoms with Gasteiger partial charge in [0.15, 0.2) is 0 Å². The zero-order chi connectivity index (χ0) is 13.0. The second kappa shape index (κ2) is 5.29. The summed E-state index contributed by atoms with van der Waals surface area (Å²) in [6.45, 7) is 1.96. The molecule has 2 aromatic carbocycles. The molecule has 2 aromatic rings. The summed E-state index contributed by atoms with van der Waals surface area (Å²) < 4.78 is 12.7. The van der Waals surface area contributed by atoms with E-state index in [0.29, 0.717) is 11.1 Å². The van der Waals surface area contributed by atoms with Crippen LogP contribution in [0.3, 0.4) is 0 Å². The molecular formula is C16H11FO. The number of benzene rings is 2. The number of hydrogen-bond acceptors (Lipinski definition) is 1. The molecule has 0 radical (unpaired) electrons. The Morgan fingerprint density at radius 3 is 2.22 bits per heavy atom. The van der Waals surface area contributed by atoms with Crippen LogP contribution in [0.25, 0.3) is 0 Å². The average molecular weight is 238 g/mol. The summed E-state index contributed by atoms with van der Waals surface area (Å²) in [5.74, 6) is 4.71. The lowest BCUT2D eigenvalue weighted by molar-refractivity contribution is 0.105. The van der Waals surface area contributed by atoms with Crippen molar-refractivity contribution in [1.82, 2.24) is 0 Å². The molecule has 0 amide bonds. The van der Waals surface area contributed by atoms with E-state index in [2.05, 4.69) is 11.8 Å². The molecular weight excluding hydrogens is 227 g/mol. The number of hydrogen-bond donors (Lipinski definition) is 0. The number of Topliss-reactive ketones (excluding diaryl/α,β-unsaturated/α-hetero) is 1. The van der Waals surface area contributed by atoms with Gasteiger partial charge in [0.25, 0.3) is 0 Å². The van der Waals surface area contributed by atoms with Crippen molar-refractivity contribution in [3.05, 3.63) is 71.0 Å². The van der Waals surface area contributed by atoms with Crippen molar-refractivity contribution in [2.24, 2.45) is 0 Å². The molecule has 0 atom stereocenters. The SMILES string of the molecule is Cc1ccc(C(=O)C#Cc2ccc(F)cc2)cc1. The van der Waals surface area contributed by atoms with Crippen LogP contribution in [0.4, 0.5) is 4.39 Å². The Labute approximate surface area is 105 Å². The topological polar surface area (TPSA) is 17.1 Å². The van der Waals surface area contributed by atoms with Gasteiger partial charge >= 0.3 is 0 Å². The van der Waals surface area contributed by atoms with Gasteiger partial charge in [-0.2, -0.15) is 0 Å². The molecule has 0 aliphatic carbocycles. The molecule has 0 unspecified atom stereocenters. The normalized spacial score (nSPS) is 9.44. The minimum Gasteiger partial charge on any atom is -0.279 e. The Bertz CT molecular complexity index is 613. The highest BCUT2D eigenvalue weighted by atomic mass is 19.1. The van der Waals surface area contributed by atoms with Gasteiger partial charge in [0.2, 0.25) is 5.78 Å². The second-order valence-corrected chi connectivity index (χ2v) is 3.95. The van der Waals surface area contributed by atoms with E-state index in [1.807, 2.05) is 19.1 Å². The van der Waals surface area contributed by atoms with Gasteiger partial charge in [0.05, 0.1) is 0 Å². The van der Waals surface area contributed by atoms with Crippen molar-refractivity contribution in [2.45, 2.75) is 6.92 Å². The average Bonchev–Trinajstić information content (AvgIpc) is 2.38. The summed E-state index contributed by atoms with van der Waals surface area (Å²) in [7, 11) is 0. The van der Waals surface area contributed by atoms with Crippen LogP contribution in [0.5, 0.6) is 0 Å². The maximum atomic E-state index is 12.7. The first-order valence-corrected chi connectivity index (χ1v) is 5.54. The van der Waals surface area contributed by atoms with Crippen molar-refractivity contribution in [2.75, 3.05) is 0 Å². The fraction of sp³-hybridized carbons (Fsp3) is 0.0625. The predicted octanol–water partition coefficient (Wildman–Crippen LogP) is 3.37. The molecule has 0 saturated carbocycles. The third-order valence-electron chi connectivity index (χ3n) is 2.48. The van der Waals surface area contributed by atoms with E-state index in [-0.39, 0.29) is 11.6 Å². The van der Waals surface area contributed by atoms with E-state index in [1.54, 1.807) is 24.3 Å². The minimum atomic E-state index is -0.314. The summed E-state index contributed by atoms with van der Waals surface area (Å²) in [5.41, 5.74) is 2.28. The third-order valence-corrected chi connectivity index (χ3v) is 2.48. The van der Waals surface area contributed by atoms with Crippen molar-refractivity contribution in [1.29, 1.82) is 0 Å². The van der Waals surface area contributed by atoms with Gasteiger partial charge < -0.3 is 0 Å². The van der Waals surface area contributed by atoms with Gasteiger partial charge in [0.1, 0.15) is 5.82 Å². The van der Waals surface area contributed by atoms with Crippen molar-refractivity contribution < 1.29 is 9.18 Å². The van der Waals surface area contributed by atoms with Crippen LogP contribution in [0.1, 0.15) is 21.5 Å². The standard InChI is InChI=1S/C16H11FO/c1-12-2-7-14(8-3-12)16(18)11-6-13-4-9-15(17)10-5-13/h2-5,7-10H,1H3. The molecule has 0 N–H and O–H groups in total. The quantitative estimate of drug-likeness (QED) is 0.550. The lowest BCUT2D eigenvalue weighted by atomic mass is 10.1. The number of rotatable bonds is 1.